The zero-order valence-electron chi connectivity index (χ0n) is 43.9. The molecule has 0 amide bonds. The normalized spacial score (nSPS) is 14.4. The molecular weight excluding hydrogens is 1090 g/mol. The molecule has 0 saturated carbocycles. The minimum atomic E-state index is -3.67. The number of fused-ring (bicyclic) bond motifs is 2. The summed E-state index contributed by atoms with van der Waals surface area (Å²) < 4.78 is 133. The molecule has 416 valence electrons. The van der Waals surface area contributed by atoms with E-state index in [1.54, 1.807) is 67.0 Å². The Morgan fingerprint density at radius 2 is 0.875 bits per heavy atom. The molecular formula is C58H52B2F8N2O8S2. The van der Waals surface area contributed by atoms with Crippen molar-refractivity contribution in [3.05, 3.63) is 193 Å². The number of benzene rings is 6. The summed E-state index contributed by atoms with van der Waals surface area (Å²) in [6.07, 6.45) is 3.03. The Balaban J connectivity index is 0.000000220. The van der Waals surface area contributed by atoms with Crippen LogP contribution in [0.1, 0.15) is 41.5 Å². The largest absolute Gasteiger partial charge is 1.00 e. The summed E-state index contributed by atoms with van der Waals surface area (Å²) in [4.78, 5) is 10.9. The van der Waals surface area contributed by atoms with Gasteiger partial charge in [0.25, 0.3) is 0 Å². The number of halogens is 8. The lowest BCUT2D eigenvalue weighted by Crippen LogP contribution is -3.00. The van der Waals surface area contributed by atoms with E-state index in [4.69, 9.17) is 37.7 Å². The van der Waals surface area contributed by atoms with E-state index in [0.29, 0.717) is 66.7 Å². The second-order valence-corrected chi connectivity index (χ2v) is 21.7. The van der Waals surface area contributed by atoms with Gasteiger partial charge >= 0.3 is 14.7 Å². The van der Waals surface area contributed by atoms with Crippen LogP contribution in [0.3, 0.4) is 0 Å². The maximum atomic E-state index is 14.3. The van der Waals surface area contributed by atoms with Gasteiger partial charge < -0.3 is 42.4 Å². The molecule has 10 nitrogen and oxygen atoms in total. The summed E-state index contributed by atoms with van der Waals surface area (Å²) in [6.45, 7) is 12.8. The molecule has 6 aromatic carbocycles. The Hall–Kier alpha value is -7.39. The Morgan fingerprint density at radius 3 is 1.25 bits per heavy atom. The lowest BCUT2D eigenvalue weighted by molar-refractivity contribution is -0.0000268. The Labute approximate surface area is 466 Å². The zero-order chi connectivity index (χ0) is 56.3. The fourth-order valence-corrected chi connectivity index (χ4v) is 11.3. The van der Waals surface area contributed by atoms with Crippen LogP contribution in [0.15, 0.2) is 195 Å². The van der Waals surface area contributed by atoms with E-state index in [9.17, 15) is 30.5 Å². The quantitative estimate of drug-likeness (QED) is 0.0525. The molecule has 1 saturated heterocycles. The minimum absolute atomic E-state index is 0. The molecule has 2 aliphatic rings. The van der Waals surface area contributed by atoms with Gasteiger partial charge in [-0.05, 0) is 156 Å². The van der Waals surface area contributed by atoms with E-state index in [-0.39, 0.29) is 35.2 Å². The maximum absolute atomic E-state index is 14.3. The third kappa shape index (κ3) is 16.1. The highest BCUT2D eigenvalue weighted by atomic mass is 32.2. The van der Waals surface area contributed by atoms with Crippen LogP contribution in [-0.2, 0) is 20.2 Å². The average Bonchev–Trinajstić information content (AvgIpc) is 3.86. The maximum Gasteiger partial charge on any atom is 0.762 e. The van der Waals surface area contributed by atoms with E-state index in [2.05, 4.69) is 9.97 Å². The number of rotatable bonds is 16. The van der Waals surface area contributed by atoms with Gasteiger partial charge in [0.15, 0.2) is 38.0 Å². The van der Waals surface area contributed by atoms with E-state index < -0.39 is 41.7 Å². The van der Waals surface area contributed by atoms with Crippen molar-refractivity contribution in [2.45, 2.75) is 89.4 Å². The predicted molar refractivity (Wildman–Crippen MR) is 289 cm³/mol. The molecule has 0 spiro atoms. The summed E-state index contributed by atoms with van der Waals surface area (Å²) in [5.41, 5.74) is 0.240. The van der Waals surface area contributed by atoms with Crippen molar-refractivity contribution >= 4 is 42.8 Å². The molecule has 2 aliphatic heterocycles. The first-order chi connectivity index (χ1) is 37.8. The topological polar surface area (TPSA) is 99.6 Å². The summed E-state index contributed by atoms with van der Waals surface area (Å²) >= 11 is 1.09. The van der Waals surface area contributed by atoms with Crippen molar-refractivity contribution in [2.75, 3.05) is 13.2 Å². The number of pyridine rings is 2. The van der Waals surface area contributed by atoms with Crippen molar-refractivity contribution in [1.82, 2.24) is 9.97 Å². The highest BCUT2D eigenvalue weighted by Gasteiger charge is 2.51. The number of nitrogens with zero attached hydrogens (tertiary/aromatic N) is 2. The smallest absolute Gasteiger partial charge is 0.762 e. The molecule has 2 unspecified atom stereocenters. The van der Waals surface area contributed by atoms with Gasteiger partial charge in [-0.3, -0.25) is 12.9 Å². The van der Waals surface area contributed by atoms with Gasteiger partial charge in [-0.2, -0.15) is 0 Å². The van der Waals surface area contributed by atoms with Crippen LogP contribution < -0.4 is 38.6 Å². The van der Waals surface area contributed by atoms with Crippen LogP contribution in [0, 0.1) is 23.3 Å². The third-order valence-electron chi connectivity index (χ3n) is 12.1. The van der Waals surface area contributed by atoms with E-state index in [1.165, 1.54) is 0 Å². The molecule has 1 fully saturated rings. The van der Waals surface area contributed by atoms with Crippen LogP contribution in [-0.4, -0.2) is 61.3 Å². The molecule has 10 rings (SSSR count). The number of hydrogen-bond acceptors (Lipinski definition) is 11. The van der Waals surface area contributed by atoms with Crippen LogP contribution in [0.2, 0.25) is 0 Å². The molecule has 0 bridgehead atoms. The Bertz CT molecular complexity index is 3180. The van der Waals surface area contributed by atoms with Gasteiger partial charge in [-0.1, -0.05) is 36.0 Å². The third-order valence-corrected chi connectivity index (χ3v) is 15.8. The number of aromatic nitrogens is 2. The first-order valence-corrected chi connectivity index (χ1v) is 26.7. The molecule has 22 heteroatoms. The summed E-state index contributed by atoms with van der Waals surface area (Å²) in [5.74, 6) is 1.09. The van der Waals surface area contributed by atoms with Gasteiger partial charge in [0.2, 0.25) is 11.8 Å². The van der Waals surface area contributed by atoms with Crippen molar-refractivity contribution in [3.63, 3.8) is 0 Å². The molecule has 0 N–H and O–H groups in total. The van der Waals surface area contributed by atoms with Gasteiger partial charge in [0.1, 0.15) is 70.8 Å². The summed E-state index contributed by atoms with van der Waals surface area (Å²) in [5, 5.41) is 0. The van der Waals surface area contributed by atoms with Crippen LogP contribution in [0.4, 0.5) is 30.5 Å². The highest BCUT2D eigenvalue weighted by molar-refractivity contribution is 8.04. The summed E-state index contributed by atoms with van der Waals surface area (Å²) in [7, 11) is -5.04. The fraction of sp³-hybridized carbons (Fsp3) is 0.207. The fourth-order valence-electron chi connectivity index (χ4n) is 7.53. The van der Waals surface area contributed by atoms with Crippen molar-refractivity contribution in [1.29, 1.82) is 0 Å². The summed E-state index contributed by atoms with van der Waals surface area (Å²) in [6, 6.07) is 44.9. The van der Waals surface area contributed by atoms with Crippen LogP contribution >= 0.6 is 11.8 Å². The zero-order valence-corrected chi connectivity index (χ0v) is 45.5. The SMILES string of the molecule is CC(COc1ccc(Oc2ccc(B3OC(C)(C)C(C)(C)O3)cc2)cc1)Oc1ccccn1.CC(COc1ccc(Oc2ccc([S+]3c4cc(F)c(F)cc4Sc4cc(F)c(F)cc43)cc2)cc1)Oc1ccccn1.FB(F)F.[F-]. The predicted octanol–water partition coefficient (Wildman–Crippen LogP) is 11.7. The molecule has 0 aliphatic carbocycles. The number of ether oxygens (including phenoxy) is 6. The first-order valence-electron chi connectivity index (χ1n) is 24.6. The highest BCUT2D eigenvalue weighted by Crippen LogP contribution is 2.50. The lowest BCUT2D eigenvalue weighted by atomic mass is 9.79. The van der Waals surface area contributed by atoms with Crippen LogP contribution in [0.25, 0.3) is 0 Å². The van der Waals surface area contributed by atoms with Gasteiger partial charge in [-0.25, -0.2) is 27.5 Å². The van der Waals surface area contributed by atoms with E-state index in [1.807, 2.05) is 120 Å². The van der Waals surface area contributed by atoms with Gasteiger partial charge in [0.05, 0.1) is 21.0 Å². The van der Waals surface area contributed by atoms with Crippen molar-refractivity contribution < 1.29 is 72.9 Å². The molecule has 80 heavy (non-hydrogen) atoms. The molecule has 2 aromatic heterocycles. The van der Waals surface area contributed by atoms with E-state index >= 15 is 0 Å². The second kappa shape index (κ2) is 27.2. The molecule has 8 aromatic rings. The monoisotopic (exact) mass is 1140 g/mol. The molecule has 4 heterocycles. The van der Waals surface area contributed by atoms with E-state index in [0.717, 1.165) is 58.7 Å². The number of hydrogen-bond donors (Lipinski definition) is 0. The molecule has 2 atom stereocenters. The minimum Gasteiger partial charge on any atom is -1.00 e. The second-order valence-electron chi connectivity index (χ2n) is 18.7. The average molecular weight is 1140 g/mol. The van der Waals surface area contributed by atoms with Gasteiger partial charge in [-0.15, -0.1) is 0 Å². The lowest BCUT2D eigenvalue weighted by Gasteiger charge is -2.32. The molecule has 0 radical (unpaired) electrons. The van der Waals surface area contributed by atoms with Gasteiger partial charge in [0, 0.05) is 36.7 Å². The van der Waals surface area contributed by atoms with Crippen molar-refractivity contribution in [2.24, 2.45) is 0 Å². The standard InChI is InChI=1S/C32H22F4NO3S2.C26H30BNO5.BF3.FH/c1-19(39-32-4-2-3-13-37-32)18-38-20-5-7-21(8-6-20)40-22-9-11-23(12-10-22)42-30-16-26(35)24(33)14-28(30)41-29-15-25(34)27(36)17-31(29)42;1-19(30-24-8-6-7-17-28-24)18-29-21-13-15-23(16-14-21)31-22-11-9-20(10-12-22)27-32-25(2,3)26(4,5)33-27;2-1(3)4;/h2-17,19H,18H2,1H3;6-17,19H,18H2,1-5H3;;1H/q+1;;;/p-1. The van der Waals surface area contributed by atoms with Crippen molar-refractivity contribution in [3.8, 4) is 46.3 Å². The Morgan fingerprint density at radius 1 is 0.525 bits per heavy atom. The van der Waals surface area contributed by atoms with Crippen LogP contribution in [0.5, 0.6) is 46.3 Å². The Kier molecular flexibility index (Phi) is 20.5. The first kappa shape index (κ1) is 60.3.